The van der Waals surface area contributed by atoms with E-state index in [1.165, 1.54) is 11.8 Å². The van der Waals surface area contributed by atoms with Gasteiger partial charge in [0.25, 0.3) is 10.1 Å². The number of carbonyl (C=O) groups is 1. The van der Waals surface area contributed by atoms with Crippen LogP contribution >= 0.6 is 11.8 Å². The van der Waals surface area contributed by atoms with Crippen LogP contribution < -0.4 is 0 Å². The van der Waals surface area contributed by atoms with Crippen molar-refractivity contribution in [3.63, 3.8) is 0 Å². The first-order valence-electron chi connectivity index (χ1n) is 15.9. The summed E-state index contributed by atoms with van der Waals surface area (Å²) >= 11 is 1.31. The lowest BCUT2D eigenvalue weighted by Gasteiger charge is -2.27. The second-order valence-electron chi connectivity index (χ2n) is 12.2. The average Bonchev–Trinajstić information content (AvgIpc) is 3.81. The molecule has 6 heterocycles. The lowest BCUT2D eigenvalue weighted by atomic mass is 10.1. The Morgan fingerprint density at radius 2 is 1.22 bits per heavy atom. The molecule has 45 heavy (non-hydrogen) atoms. The zero-order valence-electron chi connectivity index (χ0n) is 25.8. The zero-order chi connectivity index (χ0) is 31.4. The van der Waals surface area contributed by atoms with E-state index >= 15 is 0 Å². The van der Waals surface area contributed by atoms with Crippen LogP contribution in [0.2, 0.25) is 0 Å². The van der Waals surface area contributed by atoms with Crippen molar-refractivity contribution in [2.45, 2.75) is 118 Å². The minimum Gasteiger partial charge on any atom is -0.371 e. The Morgan fingerprint density at radius 3 is 1.78 bits per heavy atom. The van der Waals surface area contributed by atoms with Crippen LogP contribution in [-0.4, -0.2) is 114 Å². The summed E-state index contributed by atoms with van der Waals surface area (Å²) in [4.78, 5) is 11.3. The van der Waals surface area contributed by atoms with Crippen molar-refractivity contribution < 1.29 is 55.3 Å². The Labute approximate surface area is 269 Å². The van der Waals surface area contributed by atoms with E-state index in [0.717, 1.165) is 50.7 Å². The Balaban J connectivity index is 0.000000167. The monoisotopic (exact) mass is 672 g/mol. The molecule has 6 saturated heterocycles. The van der Waals surface area contributed by atoms with Crippen molar-refractivity contribution in [3.8, 4) is 0 Å². The maximum Gasteiger partial charge on any atom is 0.297 e. The largest absolute Gasteiger partial charge is 0.371 e. The van der Waals surface area contributed by atoms with Gasteiger partial charge < -0.3 is 37.9 Å². The van der Waals surface area contributed by atoms with Gasteiger partial charge in [0.1, 0.15) is 42.7 Å². The first-order chi connectivity index (χ1) is 21.8. The fourth-order valence-corrected chi connectivity index (χ4v) is 8.45. The van der Waals surface area contributed by atoms with Gasteiger partial charge in [-0.2, -0.15) is 8.42 Å². The van der Waals surface area contributed by atoms with Crippen molar-refractivity contribution in [1.82, 2.24) is 0 Å². The van der Waals surface area contributed by atoms with E-state index in [2.05, 4.69) is 0 Å². The predicted octanol–water partition coefficient (Wildman–Crippen LogP) is 3.12. The third-order valence-corrected chi connectivity index (χ3v) is 11.1. The molecule has 0 radical (unpaired) electrons. The molecule has 14 heteroatoms. The molecule has 0 bridgehead atoms. The number of ether oxygens (including phenoxy) is 8. The number of rotatable bonds is 8. The number of fused-ring (bicyclic) bond motifs is 2. The molecule has 0 N–H and O–H groups in total. The number of benzene rings is 1. The van der Waals surface area contributed by atoms with E-state index in [-0.39, 0.29) is 65.0 Å². The number of hydrogen-bond acceptors (Lipinski definition) is 13. The maximum absolute atomic E-state index is 12.5. The second kappa shape index (κ2) is 15.4. The van der Waals surface area contributed by atoms with E-state index in [1.54, 1.807) is 31.2 Å². The molecule has 1 aromatic rings. The molecule has 0 aliphatic carbocycles. The van der Waals surface area contributed by atoms with Crippen molar-refractivity contribution in [2.24, 2.45) is 0 Å². The highest BCUT2D eigenvalue weighted by Gasteiger charge is 2.51. The first kappa shape index (κ1) is 33.7. The number of carbonyl (C=O) groups excluding carboxylic acids is 1. The molecule has 2 unspecified atom stereocenters. The van der Waals surface area contributed by atoms with Crippen LogP contribution in [0, 0.1) is 6.92 Å². The number of hydrogen-bond donors (Lipinski definition) is 0. The summed E-state index contributed by atoms with van der Waals surface area (Å²) in [5, 5.41) is 0.209. The minimum atomic E-state index is -3.87. The van der Waals surface area contributed by atoms with E-state index in [4.69, 9.17) is 42.1 Å². The highest BCUT2D eigenvalue weighted by molar-refractivity contribution is 8.14. The molecule has 10 atom stereocenters. The molecule has 1 aromatic carbocycles. The third kappa shape index (κ3) is 8.47. The second-order valence-corrected chi connectivity index (χ2v) is 15.2. The Morgan fingerprint density at radius 1 is 0.711 bits per heavy atom. The van der Waals surface area contributed by atoms with E-state index in [0.29, 0.717) is 26.4 Å². The Hall–Kier alpha value is -1.17. The molecule has 6 aliphatic rings. The van der Waals surface area contributed by atoms with Gasteiger partial charge in [0.2, 0.25) is 0 Å². The van der Waals surface area contributed by atoms with Gasteiger partial charge in [-0.15, -0.1) is 0 Å². The van der Waals surface area contributed by atoms with E-state index in [1.807, 2.05) is 6.92 Å². The van der Waals surface area contributed by atoms with Crippen LogP contribution in [0.3, 0.4) is 0 Å². The molecule has 252 valence electrons. The molecular weight excluding hydrogens is 628 g/mol. The van der Waals surface area contributed by atoms with Gasteiger partial charge in [-0.25, -0.2) is 0 Å². The standard InChI is InChI=1S/C18H24O7S.C13H20O5S/c1-12-5-7-13(8-6-12)26(19,20)25-15-11-23-17-14(10-22-18(15)17)24-16-4-2-3-9-21-16;1-8(14)19-10-7-17-12-9(6-16-13(10)12)18-11-4-2-3-5-15-11/h5-8,14-18H,2-4,9-11H2,1H3;9-13H,2-7H2,1H3/t14-,15+,16?,17-,18-;9-,10+,11?,12-,13-/m11/s1. The lowest BCUT2D eigenvalue weighted by molar-refractivity contribution is -0.202. The number of thioether (sulfide) groups is 1. The van der Waals surface area contributed by atoms with Crippen molar-refractivity contribution in [2.75, 3.05) is 39.6 Å². The van der Waals surface area contributed by atoms with Crippen LogP contribution in [0.25, 0.3) is 0 Å². The van der Waals surface area contributed by atoms with Crippen molar-refractivity contribution in [3.05, 3.63) is 29.8 Å². The highest BCUT2D eigenvalue weighted by Crippen LogP contribution is 2.37. The van der Waals surface area contributed by atoms with Crippen molar-refractivity contribution >= 4 is 27.0 Å². The van der Waals surface area contributed by atoms with Crippen LogP contribution in [0.5, 0.6) is 0 Å². The summed E-state index contributed by atoms with van der Waals surface area (Å²) in [6, 6.07) is 6.56. The van der Waals surface area contributed by atoms with E-state index in [9.17, 15) is 13.2 Å². The fourth-order valence-electron chi connectivity index (χ4n) is 6.44. The third-order valence-electron chi connectivity index (χ3n) is 8.73. The van der Waals surface area contributed by atoms with E-state index < -0.39 is 22.3 Å². The van der Waals surface area contributed by atoms with Gasteiger partial charge in [-0.3, -0.25) is 8.98 Å². The minimum absolute atomic E-state index is 0.0255. The zero-order valence-corrected chi connectivity index (χ0v) is 27.4. The molecule has 12 nitrogen and oxygen atoms in total. The summed E-state index contributed by atoms with van der Waals surface area (Å²) in [5.41, 5.74) is 0.984. The smallest absolute Gasteiger partial charge is 0.297 e. The summed E-state index contributed by atoms with van der Waals surface area (Å²) in [6.45, 7) is 6.55. The number of aryl methyl sites for hydroxylation is 1. The summed E-state index contributed by atoms with van der Waals surface area (Å²) < 4.78 is 76.6. The fraction of sp³-hybridized carbons (Fsp3) is 0.774. The molecule has 0 saturated carbocycles. The Bertz CT molecular complexity index is 1220. The van der Waals surface area contributed by atoms with Crippen LogP contribution in [0.4, 0.5) is 0 Å². The van der Waals surface area contributed by atoms with Crippen LogP contribution in [-0.2, 0) is 57.0 Å². The SMILES string of the molecule is CC(=O)S[C@H]1CO[C@H]2[C@@H]1OC[C@H]2OC1CCCCO1.Cc1ccc(S(=O)(=O)O[C@H]2CO[C@H]3[C@@H]2OC[C@H]3OC2CCCCO2)cc1. The molecule has 0 aromatic heterocycles. The molecule has 6 fully saturated rings. The normalized spacial score (nSPS) is 37.9. The summed E-state index contributed by atoms with van der Waals surface area (Å²) in [7, 11) is -3.87. The molecule has 0 spiro atoms. The maximum atomic E-state index is 12.5. The van der Waals surface area contributed by atoms with Gasteiger partial charge >= 0.3 is 0 Å². The van der Waals surface area contributed by atoms with Gasteiger partial charge in [0, 0.05) is 20.1 Å². The Kier molecular flexibility index (Phi) is 11.5. The molecule has 6 aliphatic heterocycles. The summed E-state index contributed by atoms with van der Waals surface area (Å²) in [6.07, 6.45) is 3.96. The quantitative estimate of drug-likeness (QED) is 0.375. The first-order valence-corrected chi connectivity index (χ1v) is 18.2. The van der Waals surface area contributed by atoms with Gasteiger partial charge in [0.15, 0.2) is 17.7 Å². The van der Waals surface area contributed by atoms with Gasteiger partial charge in [0.05, 0.1) is 36.6 Å². The lowest BCUT2D eigenvalue weighted by Crippen LogP contribution is -2.38. The van der Waals surface area contributed by atoms with Crippen LogP contribution in [0.15, 0.2) is 29.2 Å². The molecule has 7 rings (SSSR count). The van der Waals surface area contributed by atoms with Gasteiger partial charge in [-0.1, -0.05) is 29.5 Å². The average molecular weight is 673 g/mol. The van der Waals surface area contributed by atoms with Crippen LogP contribution in [0.1, 0.15) is 51.0 Å². The highest BCUT2D eigenvalue weighted by atomic mass is 32.2. The molecule has 0 amide bonds. The topological polar surface area (TPSA) is 134 Å². The van der Waals surface area contributed by atoms with Crippen molar-refractivity contribution in [1.29, 1.82) is 0 Å². The molecular formula is C31H44O12S2. The summed E-state index contributed by atoms with van der Waals surface area (Å²) in [5.74, 6) is 0. The van der Waals surface area contributed by atoms with Gasteiger partial charge in [-0.05, 0) is 57.6 Å². The predicted molar refractivity (Wildman–Crippen MR) is 161 cm³/mol.